The zero-order valence-electron chi connectivity index (χ0n) is 9.13. The van der Waals surface area contributed by atoms with Gasteiger partial charge in [0.1, 0.15) is 0 Å². The van der Waals surface area contributed by atoms with Gasteiger partial charge in [-0.3, -0.25) is 0 Å². The molecule has 4 atom stereocenters. The highest BCUT2D eigenvalue weighted by atomic mass is 31.1. The molecule has 2 heterocycles. The Balaban J connectivity index is 2.07. The third-order valence-electron chi connectivity index (χ3n) is 4.19. The second-order valence-corrected chi connectivity index (χ2v) is 7.62. The SMILES string of the molecule is CC[C@@H](C)[C@@H]1[C@H]2CCCCP1CC2. The summed E-state index contributed by atoms with van der Waals surface area (Å²) in [5, 5.41) is 0. The van der Waals surface area contributed by atoms with Crippen LogP contribution in [0, 0.1) is 11.8 Å². The Kier molecular flexibility index (Phi) is 3.30. The lowest BCUT2D eigenvalue weighted by molar-refractivity contribution is 0.381. The van der Waals surface area contributed by atoms with Crippen LogP contribution in [0.15, 0.2) is 0 Å². The van der Waals surface area contributed by atoms with Gasteiger partial charge in [0.25, 0.3) is 0 Å². The molecule has 2 fully saturated rings. The Morgan fingerprint density at radius 1 is 1.23 bits per heavy atom. The molecule has 0 saturated carbocycles. The van der Waals surface area contributed by atoms with E-state index < -0.39 is 0 Å². The van der Waals surface area contributed by atoms with E-state index >= 15 is 0 Å². The lowest BCUT2D eigenvalue weighted by Gasteiger charge is -2.28. The molecule has 2 saturated heterocycles. The van der Waals surface area contributed by atoms with E-state index in [1.165, 1.54) is 18.5 Å². The molecule has 1 unspecified atom stereocenters. The first-order chi connectivity index (χ1) is 6.33. The van der Waals surface area contributed by atoms with Gasteiger partial charge in [0, 0.05) is 0 Å². The van der Waals surface area contributed by atoms with Crippen molar-refractivity contribution >= 4 is 7.92 Å². The highest BCUT2D eigenvalue weighted by molar-refractivity contribution is 7.58. The van der Waals surface area contributed by atoms with Crippen LogP contribution in [0.25, 0.3) is 0 Å². The fourth-order valence-corrected chi connectivity index (χ4v) is 7.25. The average Bonchev–Trinajstić information content (AvgIpc) is 2.38. The van der Waals surface area contributed by atoms with Crippen molar-refractivity contribution in [2.75, 3.05) is 12.3 Å². The smallest absolute Gasteiger partial charge is 0.0155 e. The van der Waals surface area contributed by atoms with E-state index in [9.17, 15) is 0 Å². The van der Waals surface area contributed by atoms with Crippen molar-refractivity contribution < 1.29 is 0 Å². The molecule has 76 valence electrons. The van der Waals surface area contributed by atoms with Crippen molar-refractivity contribution in [3.05, 3.63) is 0 Å². The predicted molar refractivity (Wildman–Crippen MR) is 61.9 cm³/mol. The second-order valence-electron chi connectivity index (χ2n) is 4.96. The van der Waals surface area contributed by atoms with Crippen LogP contribution in [0.4, 0.5) is 0 Å². The number of hydrogen-bond donors (Lipinski definition) is 0. The first-order valence-corrected chi connectivity index (χ1v) is 7.85. The Morgan fingerprint density at radius 2 is 2.08 bits per heavy atom. The van der Waals surface area contributed by atoms with E-state index in [2.05, 4.69) is 13.8 Å². The van der Waals surface area contributed by atoms with Crippen LogP contribution in [0.2, 0.25) is 0 Å². The second kappa shape index (κ2) is 4.30. The molecule has 0 radical (unpaired) electrons. The van der Waals surface area contributed by atoms with Crippen molar-refractivity contribution in [1.82, 2.24) is 0 Å². The summed E-state index contributed by atoms with van der Waals surface area (Å²) in [4.78, 5) is 0. The standard InChI is InChI=1S/C12H23P/c1-3-10(2)12-11-6-4-5-8-13(12)9-7-11/h10-12H,3-9H2,1-2H3/t10-,11+,12-,13?/m1/s1. The summed E-state index contributed by atoms with van der Waals surface area (Å²) >= 11 is 0. The summed E-state index contributed by atoms with van der Waals surface area (Å²) in [5.74, 6) is 2.17. The first kappa shape index (κ1) is 9.97. The van der Waals surface area contributed by atoms with Gasteiger partial charge in [0.05, 0.1) is 0 Å². The van der Waals surface area contributed by atoms with Crippen molar-refractivity contribution in [2.24, 2.45) is 11.8 Å². The molecule has 0 N–H and O–H groups in total. The highest BCUT2D eigenvalue weighted by Crippen LogP contribution is 2.59. The molecule has 2 rings (SSSR count). The van der Waals surface area contributed by atoms with E-state index in [0.717, 1.165) is 11.8 Å². The van der Waals surface area contributed by atoms with E-state index in [-0.39, 0.29) is 0 Å². The van der Waals surface area contributed by atoms with Crippen LogP contribution < -0.4 is 0 Å². The Bertz CT molecular complexity index is 153. The fourth-order valence-electron chi connectivity index (χ4n) is 3.31. The quantitative estimate of drug-likeness (QED) is 0.586. The summed E-state index contributed by atoms with van der Waals surface area (Å²) in [7, 11) is 0.469. The van der Waals surface area contributed by atoms with Gasteiger partial charge in [-0.15, -0.1) is 7.92 Å². The third kappa shape index (κ3) is 1.94. The maximum absolute atomic E-state index is 2.50. The molecule has 0 aromatic rings. The van der Waals surface area contributed by atoms with Gasteiger partial charge in [-0.2, -0.15) is 0 Å². The van der Waals surface area contributed by atoms with Crippen LogP contribution in [-0.4, -0.2) is 18.0 Å². The Labute approximate surface area is 84.2 Å². The van der Waals surface area contributed by atoms with Crippen molar-refractivity contribution in [2.45, 2.75) is 51.6 Å². The number of fused-ring (bicyclic) bond motifs is 2. The van der Waals surface area contributed by atoms with Crippen LogP contribution >= 0.6 is 7.92 Å². The van der Waals surface area contributed by atoms with Gasteiger partial charge >= 0.3 is 0 Å². The largest absolute Gasteiger partial charge is 0.103 e. The van der Waals surface area contributed by atoms with Crippen molar-refractivity contribution in [1.29, 1.82) is 0 Å². The van der Waals surface area contributed by atoms with Gasteiger partial charge in [-0.25, -0.2) is 0 Å². The highest BCUT2D eigenvalue weighted by Gasteiger charge is 2.38. The minimum absolute atomic E-state index is 0.469. The van der Waals surface area contributed by atoms with E-state index in [4.69, 9.17) is 0 Å². The Hall–Kier alpha value is 0.430. The van der Waals surface area contributed by atoms with Gasteiger partial charge in [-0.1, -0.05) is 26.7 Å². The third-order valence-corrected chi connectivity index (χ3v) is 7.69. The molecular weight excluding hydrogens is 175 g/mol. The van der Waals surface area contributed by atoms with Crippen LogP contribution in [0.5, 0.6) is 0 Å². The zero-order chi connectivity index (χ0) is 9.26. The normalized spacial score (nSPS) is 41.5. The molecule has 0 aromatic carbocycles. The predicted octanol–water partition coefficient (Wildman–Crippen LogP) is 4.09. The van der Waals surface area contributed by atoms with Crippen molar-refractivity contribution in [3.63, 3.8) is 0 Å². The molecule has 0 aliphatic carbocycles. The van der Waals surface area contributed by atoms with Crippen LogP contribution in [0.3, 0.4) is 0 Å². The van der Waals surface area contributed by atoms with Crippen LogP contribution in [-0.2, 0) is 0 Å². The molecule has 2 aliphatic heterocycles. The molecule has 1 heteroatoms. The minimum atomic E-state index is 0.469. The average molecular weight is 198 g/mol. The summed E-state index contributed by atoms with van der Waals surface area (Å²) in [6.45, 7) is 4.88. The van der Waals surface area contributed by atoms with Gasteiger partial charge in [0.2, 0.25) is 0 Å². The molecule has 0 aromatic heterocycles. The van der Waals surface area contributed by atoms with Crippen LogP contribution in [0.1, 0.15) is 46.0 Å². The number of hydrogen-bond acceptors (Lipinski definition) is 0. The Morgan fingerprint density at radius 3 is 2.85 bits per heavy atom. The molecule has 13 heavy (non-hydrogen) atoms. The number of rotatable bonds is 2. The maximum atomic E-state index is 2.50. The summed E-state index contributed by atoms with van der Waals surface area (Å²) in [6, 6.07) is 0. The molecule has 0 nitrogen and oxygen atoms in total. The molecular formula is C12H23P. The molecule has 2 aliphatic rings. The monoisotopic (exact) mass is 198 g/mol. The lowest BCUT2D eigenvalue weighted by Crippen LogP contribution is -2.20. The molecule has 0 spiro atoms. The van der Waals surface area contributed by atoms with E-state index in [1.54, 1.807) is 31.6 Å². The topological polar surface area (TPSA) is 0 Å². The first-order valence-electron chi connectivity index (χ1n) is 6.07. The summed E-state index contributed by atoms with van der Waals surface area (Å²) in [6.07, 6.45) is 10.9. The van der Waals surface area contributed by atoms with Gasteiger partial charge in [-0.05, 0) is 49.1 Å². The minimum Gasteiger partial charge on any atom is -0.103 e. The zero-order valence-corrected chi connectivity index (χ0v) is 10.0. The fraction of sp³-hybridized carbons (Fsp3) is 1.00. The van der Waals surface area contributed by atoms with E-state index in [0.29, 0.717) is 7.92 Å². The lowest BCUT2D eigenvalue weighted by atomic mass is 9.88. The van der Waals surface area contributed by atoms with Gasteiger partial charge in [0.15, 0.2) is 0 Å². The molecule has 0 amide bonds. The summed E-state index contributed by atoms with van der Waals surface area (Å²) < 4.78 is 0. The summed E-state index contributed by atoms with van der Waals surface area (Å²) in [5.41, 5.74) is 1.17. The maximum Gasteiger partial charge on any atom is -0.0155 e. The van der Waals surface area contributed by atoms with Gasteiger partial charge < -0.3 is 0 Å². The van der Waals surface area contributed by atoms with E-state index in [1.807, 2.05) is 0 Å². The van der Waals surface area contributed by atoms with Crippen molar-refractivity contribution in [3.8, 4) is 0 Å². The molecule has 2 bridgehead atoms.